The van der Waals surface area contributed by atoms with Crippen LogP contribution in [0, 0.1) is 0 Å². The van der Waals surface area contributed by atoms with E-state index in [0.29, 0.717) is 38.8 Å². The summed E-state index contributed by atoms with van der Waals surface area (Å²) in [7, 11) is 0. The molecule has 4 atom stereocenters. The molecule has 1 heterocycles. The molecule has 0 radical (unpaired) electrons. The summed E-state index contributed by atoms with van der Waals surface area (Å²) < 4.78 is 0. The molecule has 4 unspecified atom stereocenters. The predicted molar refractivity (Wildman–Crippen MR) is 118 cm³/mol. The van der Waals surface area contributed by atoms with E-state index in [9.17, 15) is 29.1 Å². The van der Waals surface area contributed by atoms with Crippen molar-refractivity contribution < 1.29 is 34.2 Å². The Balaban J connectivity index is 2.89. The van der Waals surface area contributed by atoms with Gasteiger partial charge in [0.15, 0.2) is 0 Å². The maximum Gasteiger partial charge on any atom is 0.326 e. The molecule has 0 aromatic carbocycles. The van der Waals surface area contributed by atoms with Gasteiger partial charge in [-0.1, -0.05) is 0 Å². The topological polar surface area (TPSA) is 205 Å². The SMILES string of the molecule is NCCCCC(NC(=O)C1CCCN1C(=O)C(N)CS)C(=O)NC(CCC(=O)O)C(=O)O. The van der Waals surface area contributed by atoms with Crippen molar-refractivity contribution in [2.24, 2.45) is 11.5 Å². The quantitative estimate of drug-likeness (QED) is 0.113. The molecule has 0 aliphatic carbocycles. The number of amides is 3. The van der Waals surface area contributed by atoms with Gasteiger partial charge >= 0.3 is 11.9 Å². The minimum Gasteiger partial charge on any atom is -0.481 e. The van der Waals surface area contributed by atoms with Crippen molar-refractivity contribution in [1.29, 1.82) is 0 Å². The third-order valence-corrected chi connectivity index (χ3v) is 5.59. The lowest BCUT2D eigenvalue weighted by Crippen LogP contribution is -2.56. The number of hydrogen-bond donors (Lipinski definition) is 7. The zero-order chi connectivity index (χ0) is 24.3. The van der Waals surface area contributed by atoms with E-state index in [0.717, 1.165) is 0 Å². The van der Waals surface area contributed by atoms with Gasteiger partial charge in [0, 0.05) is 18.7 Å². The number of carboxylic acids is 2. The fourth-order valence-corrected chi connectivity index (χ4v) is 3.58. The van der Waals surface area contributed by atoms with Gasteiger partial charge in [-0.3, -0.25) is 19.2 Å². The van der Waals surface area contributed by atoms with Gasteiger partial charge in [-0.2, -0.15) is 12.6 Å². The molecule has 0 saturated carbocycles. The summed E-state index contributed by atoms with van der Waals surface area (Å²) in [6.45, 7) is 0.740. The monoisotopic (exact) mass is 475 g/mol. The first kappa shape index (κ1) is 27.7. The standard InChI is InChI=1S/C19H33N5O7S/c20-8-2-1-4-12(16(27)23-13(19(30)31)6-7-15(25)26)22-17(28)14-5-3-9-24(14)18(29)11(21)10-32/h11-14,32H,1-10,20-21H2,(H,22,28)(H,23,27)(H,25,26)(H,30,31). The Hall–Kier alpha value is -2.38. The molecule has 0 bridgehead atoms. The van der Waals surface area contributed by atoms with Gasteiger partial charge in [-0.05, 0) is 45.1 Å². The number of rotatable bonds is 14. The summed E-state index contributed by atoms with van der Waals surface area (Å²) in [6.07, 6.45) is 1.56. The number of nitrogens with zero attached hydrogens (tertiary/aromatic N) is 1. The first-order chi connectivity index (χ1) is 15.1. The molecule has 3 amide bonds. The second kappa shape index (κ2) is 13.9. The van der Waals surface area contributed by atoms with E-state index < -0.39 is 60.2 Å². The minimum atomic E-state index is -1.41. The van der Waals surface area contributed by atoms with Crippen LogP contribution in [0.3, 0.4) is 0 Å². The van der Waals surface area contributed by atoms with E-state index in [2.05, 4.69) is 23.3 Å². The van der Waals surface area contributed by atoms with E-state index in [1.54, 1.807) is 0 Å². The van der Waals surface area contributed by atoms with E-state index >= 15 is 0 Å². The Kier molecular flexibility index (Phi) is 12.0. The second-order valence-electron chi connectivity index (χ2n) is 7.66. The van der Waals surface area contributed by atoms with Crippen molar-refractivity contribution in [2.45, 2.75) is 69.1 Å². The zero-order valence-electron chi connectivity index (χ0n) is 17.9. The highest BCUT2D eigenvalue weighted by molar-refractivity contribution is 7.80. The Bertz CT molecular complexity index is 693. The summed E-state index contributed by atoms with van der Waals surface area (Å²) in [5.74, 6) is -4.12. The smallest absolute Gasteiger partial charge is 0.326 e. The number of aliphatic carboxylic acids is 2. The van der Waals surface area contributed by atoms with E-state index in [1.807, 2.05) is 0 Å². The summed E-state index contributed by atoms with van der Waals surface area (Å²) in [4.78, 5) is 61.6. The second-order valence-corrected chi connectivity index (χ2v) is 8.02. The summed E-state index contributed by atoms with van der Waals surface area (Å²) in [6, 6.07) is -4.11. The molecule has 1 aliphatic heterocycles. The number of unbranched alkanes of at least 4 members (excludes halogenated alkanes) is 1. The van der Waals surface area contributed by atoms with Crippen LogP contribution in [-0.4, -0.2) is 87.8 Å². The van der Waals surface area contributed by atoms with Gasteiger partial charge in [-0.15, -0.1) is 0 Å². The van der Waals surface area contributed by atoms with Crippen LogP contribution in [0.5, 0.6) is 0 Å². The van der Waals surface area contributed by atoms with Crippen molar-refractivity contribution in [3.8, 4) is 0 Å². The maximum absolute atomic E-state index is 12.9. The van der Waals surface area contributed by atoms with Crippen molar-refractivity contribution in [2.75, 3.05) is 18.8 Å². The van der Waals surface area contributed by atoms with Crippen molar-refractivity contribution in [3.05, 3.63) is 0 Å². The molecule has 12 nitrogen and oxygen atoms in total. The van der Waals surface area contributed by atoms with Crippen molar-refractivity contribution >= 4 is 42.3 Å². The van der Waals surface area contributed by atoms with Gasteiger partial charge in [-0.25, -0.2) is 4.79 Å². The minimum absolute atomic E-state index is 0.126. The maximum atomic E-state index is 12.9. The van der Waals surface area contributed by atoms with Gasteiger partial charge in [0.25, 0.3) is 0 Å². The number of carboxylic acid groups (broad SMARTS) is 2. The van der Waals surface area contributed by atoms with Gasteiger partial charge in [0.05, 0.1) is 6.04 Å². The van der Waals surface area contributed by atoms with Gasteiger partial charge < -0.3 is 37.2 Å². The number of carbonyl (C=O) groups excluding carboxylic acids is 3. The number of carbonyl (C=O) groups is 5. The molecule has 1 saturated heterocycles. The van der Waals surface area contributed by atoms with Crippen LogP contribution in [0.4, 0.5) is 0 Å². The molecule has 1 rings (SSSR count). The highest BCUT2D eigenvalue weighted by Gasteiger charge is 2.37. The summed E-state index contributed by atoms with van der Waals surface area (Å²) in [5, 5.41) is 23.0. The first-order valence-electron chi connectivity index (χ1n) is 10.5. The fourth-order valence-electron chi connectivity index (χ4n) is 3.42. The molecular weight excluding hydrogens is 442 g/mol. The normalized spacial score (nSPS) is 18.5. The van der Waals surface area contributed by atoms with Crippen LogP contribution >= 0.6 is 12.6 Å². The highest BCUT2D eigenvalue weighted by Crippen LogP contribution is 2.19. The molecule has 182 valence electrons. The van der Waals surface area contributed by atoms with Crippen LogP contribution < -0.4 is 22.1 Å². The van der Waals surface area contributed by atoms with Crippen LogP contribution in [0.2, 0.25) is 0 Å². The number of nitrogens with two attached hydrogens (primary N) is 2. The van der Waals surface area contributed by atoms with Gasteiger partial charge in [0.1, 0.15) is 18.1 Å². The largest absolute Gasteiger partial charge is 0.481 e. The van der Waals surface area contributed by atoms with Crippen molar-refractivity contribution in [1.82, 2.24) is 15.5 Å². The predicted octanol–water partition coefficient (Wildman–Crippen LogP) is -1.72. The zero-order valence-corrected chi connectivity index (χ0v) is 18.8. The lowest BCUT2D eigenvalue weighted by atomic mass is 10.1. The lowest BCUT2D eigenvalue weighted by Gasteiger charge is -2.28. The van der Waals surface area contributed by atoms with Crippen molar-refractivity contribution in [3.63, 3.8) is 0 Å². The molecule has 13 heteroatoms. The Morgan fingerprint density at radius 1 is 1.06 bits per heavy atom. The summed E-state index contributed by atoms with van der Waals surface area (Å²) in [5.41, 5.74) is 11.2. The number of nitrogens with one attached hydrogen (secondary N) is 2. The van der Waals surface area contributed by atoms with Crippen LogP contribution in [-0.2, 0) is 24.0 Å². The van der Waals surface area contributed by atoms with Crippen LogP contribution in [0.25, 0.3) is 0 Å². The molecule has 0 aromatic heterocycles. The van der Waals surface area contributed by atoms with Crippen LogP contribution in [0.1, 0.15) is 44.9 Å². The first-order valence-corrected chi connectivity index (χ1v) is 11.2. The Morgan fingerprint density at radius 3 is 2.31 bits per heavy atom. The fraction of sp³-hybridized carbons (Fsp3) is 0.737. The van der Waals surface area contributed by atoms with E-state index in [1.165, 1.54) is 4.90 Å². The molecule has 1 aliphatic rings. The number of hydrogen-bond acceptors (Lipinski definition) is 8. The number of likely N-dealkylation sites (tertiary alicyclic amines) is 1. The average Bonchev–Trinajstić information content (AvgIpc) is 3.24. The third-order valence-electron chi connectivity index (χ3n) is 5.19. The van der Waals surface area contributed by atoms with E-state index in [4.69, 9.17) is 16.6 Å². The molecular formula is C19H33N5O7S. The molecule has 8 N–H and O–H groups in total. The highest BCUT2D eigenvalue weighted by atomic mass is 32.1. The summed E-state index contributed by atoms with van der Waals surface area (Å²) >= 11 is 4.02. The lowest BCUT2D eigenvalue weighted by molar-refractivity contribution is -0.144. The van der Waals surface area contributed by atoms with Crippen LogP contribution in [0.15, 0.2) is 0 Å². The molecule has 32 heavy (non-hydrogen) atoms. The Labute approximate surface area is 191 Å². The number of thiol groups is 1. The average molecular weight is 476 g/mol. The van der Waals surface area contributed by atoms with Gasteiger partial charge in [0.2, 0.25) is 17.7 Å². The third kappa shape index (κ3) is 8.63. The van der Waals surface area contributed by atoms with E-state index in [-0.39, 0.29) is 18.6 Å². The molecule has 1 fully saturated rings. The molecule has 0 spiro atoms. The molecule has 0 aromatic rings. The Morgan fingerprint density at radius 2 is 1.75 bits per heavy atom.